The van der Waals surface area contributed by atoms with Gasteiger partial charge in [0.15, 0.2) is 0 Å². The first-order valence-corrected chi connectivity index (χ1v) is 4.73. The third-order valence-electron chi connectivity index (χ3n) is 2.30. The molecule has 0 bridgehead atoms. The van der Waals surface area contributed by atoms with E-state index in [2.05, 4.69) is 0 Å². The van der Waals surface area contributed by atoms with E-state index in [1.807, 2.05) is 0 Å². The van der Waals surface area contributed by atoms with E-state index in [4.69, 9.17) is 9.84 Å². The van der Waals surface area contributed by atoms with Crippen LogP contribution in [0.4, 0.5) is 0 Å². The number of rotatable bonds is 3. The standard InChI is InChI=1S/C10H14O4/c1-2-14-10(13)8-6-4-3-5-7(8)9(11)12/h3,5,7-8H,2,4,6H2,1H3,(H,11,12). The van der Waals surface area contributed by atoms with Gasteiger partial charge in [-0.15, -0.1) is 0 Å². The second kappa shape index (κ2) is 4.79. The van der Waals surface area contributed by atoms with Crippen LogP contribution in [0.2, 0.25) is 0 Å². The molecule has 0 aromatic heterocycles. The van der Waals surface area contributed by atoms with Crippen molar-refractivity contribution in [1.82, 2.24) is 0 Å². The van der Waals surface area contributed by atoms with Gasteiger partial charge in [-0.1, -0.05) is 12.2 Å². The maximum Gasteiger partial charge on any atom is 0.311 e. The summed E-state index contributed by atoms with van der Waals surface area (Å²) in [5.74, 6) is -2.59. The molecule has 0 saturated heterocycles. The van der Waals surface area contributed by atoms with Crippen molar-refractivity contribution in [2.24, 2.45) is 11.8 Å². The number of aliphatic carboxylic acids is 1. The normalized spacial score (nSPS) is 25.8. The Morgan fingerprint density at radius 2 is 2.29 bits per heavy atom. The van der Waals surface area contributed by atoms with Crippen LogP contribution in [-0.2, 0) is 14.3 Å². The average molecular weight is 198 g/mol. The minimum Gasteiger partial charge on any atom is -0.481 e. The Morgan fingerprint density at radius 3 is 2.86 bits per heavy atom. The Balaban J connectivity index is 2.70. The van der Waals surface area contributed by atoms with E-state index < -0.39 is 23.8 Å². The van der Waals surface area contributed by atoms with Crippen molar-refractivity contribution >= 4 is 11.9 Å². The van der Waals surface area contributed by atoms with Crippen LogP contribution in [0.1, 0.15) is 19.8 Å². The summed E-state index contributed by atoms with van der Waals surface area (Å²) in [5.41, 5.74) is 0. The predicted octanol–water partition coefficient (Wildman–Crippen LogP) is 1.22. The monoisotopic (exact) mass is 198 g/mol. The molecule has 0 saturated carbocycles. The zero-order valence-electron chi connectivity index (χ0n) is 8.10. The Hall–Kier alpha value is -1.32. The lowest BCUT2D eigenvalue weighted by molar-refractivity contribution is -0.156. The molecule has 4 nitrogen and oxygen atoms in total. The lowest BCUT2D eigenvalue weighted by Gasteiger charge is -2.22. The fourth-order valence-corrected chi connectivity index (χ4v) is 1.60. The summed E-state index contributed by atoms with van der Waals surface area (Å²) in [6, 6.07) is 0. The number of ether oxygens (including phenoxy) is 1. The third kappa shape index (κ3) is 2.34. The second-order valence-corrected chi connectivity index (χ2v) is 3.23. The van der Waals surface area contributed by atoms with Crippen LogP contribution < -0.4 is 0 Å². The number of esters is 1. The fourth-order valence-electron chi connectivity index (χ4n) is 1.60. The summed E-state index contributed by atoms with van der Waals surface area (Å²) in [7, 11) is 0. The molecule has 1 aliphatic carbocycles. The van der Waals surface area contributed by atoms with Crippen molar-refractivity contribution in [3.63, 3.8) is 0 Å². The van der Waals surface area contributed by atoms with E-state index in [1.54, 1.807) is 19.1 Å². The number of carbonyl (C=O) groups excluding carboxylic acids is 1. The molecule has 0 amide bonds. The highest BCUT2D eigenvalue weighted by Crippen LogP contribution is 2.26. The van der Waals surface area contributed by atoms with E-state index in [-0.39, 0.29) is 0 Å². The van der Waals surface area contributed by atoms with E-state index in [1.165, 1.54) is 0 Å². The molecule has 0 spiro atoms. The molecule has 2 atom stereocenters. The highest BCUT2D eigenvalue weighted by atomic mass is 16.5. The van der Waals surface area contributed by atoms with Crippen LogP contribution in [0.5, 0.6) is 0 Å². The lowest BCUT2D eigenvalue weighted by Crippen LogP contribution is -2.31. The van der Waals surface area contributed by atoms with E-state index in [9.17, 15) is 9.59 Å². The first-order chi connectivity index (χ1) is 6.66. The van der Waals surface area contributed by atoms with Gasteiger partial charge in [-0.25, -0.2) is 0 Å². The Bertz CT molecular complexity index is 257. The molecular weight excluding hydrogens is 184 g/mol. The van der Waals surface area contributed by atoms with Gasteiger partial charge in [0.2, 0.25) is 0 Å². The quantitative estimate of drug-likeness (QED) is 0.547. The van der Waals surface area contributed by atoms with Gasteiger partial charge in [-0.3, -0.25) is 9.59 Å². The van der Waals surface area contributed by atoms with Crippen molar-refractivity contribution in [2.75, 3.05) is 6.61 Å². The lowest BCUT2D eigenvalue weighted by atomic mass is 9.84. The Kier molecular flexibility index (Phi) is 3.68. The molecule has 1 N–H and O–H groups in total. The van der Waals surface area contributed by atoms with Crippen LogP contribution in [0.15, 0.2) is 12.2 Å². The van der Waals surface area contributed by atoms with E-state index in [0.717, 1.165) is 6.42 Å². The molecule has 0 radical (unpaired) electrons. The van der Waals surface area contributed by atoms with Crippen LogP contribution in [0.25, 0.3) is 0 Å². The summed E-state index contributed by atoms with van der Waals surface area (Å²) in [6.45, 7) is 2.01. The fraction of sp³-hybridized carbons (Fsp3) is 0.600. The highest BCUT2D eigenvalue weighted by molar-refractivity contribution is 5.82. The van der Waals surface area contributed by atoms with E-state index in [0.29, 0.717) is 13.0 Å². The molecule has 0 fully saturated rings. The minimum absolute atomic E-state index is 0.297. The van der Waals surface area contributed by atoms with Crippen LogP contribution in [0, 0.1) is 11.8 Å². The highest BCUT2D eigenvalue weighted by Gasteiger charge is 2.34. The molecule has 1 aliphatic rings. The summed E-state index contributed by atoms with van der Waals surface area (Å²) in [6.07, 6.45) is 4.68. The van der Waals surface area contributed by atoms with Gasteiger partial charge in [0.25, 0.3) is 0 Å². The summed E-state index contributed by atoms with van der Waals surface area (Å²) < 4.78 is 4.83. The topological polar surface area (TPSA) is 63.6 Å². The molecule has 0 aliphatic heterocycles. The number of carboxylic acid groups (broad SMARTS) is 1. The van der Waals surface area contributed by atoms with Crippen LogP contribution in [0.3, 0.4) is 0 Å². The number of carboxylic acids is 1. The predicted molar refractivity (Wildman–Crippen MR) is 49.6 cm³/mol. The van der Waals surface area contributed by atoms with Crippen molar-refractivity contribution in [1.29, 1.82) is 0 Å². The average Bonchev–Trinajstić information content (AvgIpc) is 2.18. The third-order valence-corrected chi connectivity index (χ3v) is 2.30. The smallest absolute Gasteiger partial charge is 0.311 e. The Labute approximate surface area is 82.6 Å². The number of carbonyl (C=O) groups is 2. The summed E-state index contributed by atoms with van der Waals surface area (Å²) in [5, 5.41) is 8.87. The van der Waals surface area contributed by atoms with Crippen molar-refractivity contribution in [3.8, 4) is 0 Å². The van der Waals surface area contributed by atoms with Gasteiger partial charge in [-0.2, -0.15) is 0 Å². The molecule has 4 heteroatoms. The SMILES string of the molecule is CCOC(=O)C1CCC=CC1C(=O)O. The van der Waals surface area contributed by atoms with Gasteiger partial charge in [0.1, 0.15) is 0 Å². The summed E-state index contributed by atoms with van der Waals surface area (Å²) in [4.78, 5) is 22.2. The molecule has 0 heterocycles. The maximum absolute atomic E-state index is 11.4. The largest absolute Gasteiger partial charge is 0.481 e. The molecule has 0 aromatic rings. The van der Waals surface area contributed by atoms with Gasteiger partial charge < -0.3 is 9.84 Å². The number of allylic oxidation sites excluding steroid dienone is 1. The number of hydrogen-bond donors (Lipinski definition) is 1. The van der Waals surface area contributed by atoms with Crippen LogP contribution in [-0.4, -0.2) is 23.7 Å². The Morgan fingerprint density at radius 1 is 1.57 bits per heavy atom. The molecule has 2 unspecified atom stereocenters. The van der Waals surface area contributed by atoms with Crippen LogP contribution >= 0.6 is 0 Å². The van der Waals surface area contributed by atoms with Gasteiger partial charge in [-0.05, 0) is 19.8 Å². The van der Waals surface area contributed by atoms with Crippen molar-refractivity contribution in [2.45, 2.75) is 19.8 Å². The molecule has 0 aromatic carbocycles. The zero-order valence-corrected chi connectivity index (χ0v) is 8.10. The van der Waals surface area contributed by atoms with E-state index >= 15 is 0 Å². The van der Waals surface area contributed by atoms with Gasteiger partial charge >= 0.3 is 11.9 Å². The number of hydrogen-bond acceptors (Lipinski definition) is 3. The molecule has 14 heavy (non-hydrogen) atoms. The molecule has 1 rings (SSSR count). The minimum atomic E-state index is -0.959. The molecular formula is C10H14O4. The maximum atomic E-state index is 11.4. The van der Waals surface area contributed by atoms with Crippen molar-refractivity contribution in [3.05, 3.63) is 12.2 Å². The first kappa shape index (κ1) is 10.8. The second-order valence-electron chi connectivity index (χ2n) is 3.23. The zero-order chi connectivity index (χ0) is 10.6. The molecule has 78 valence electrons. The first-order valence-electron chi connectivity index (χ1n) is 4.73. The van der Waals surface area contributed by atoms with Crippen molar-refractivity contribution < 1.29 is 19.4 Å². The van der Waals surface area contributed by atoms with Gasteiger partial charge in [0, 0.05) is 0 Å². The van der Waals surface area contributed by atoms with Gasteiger partial charge in [0.05, 0.1) is 18.4 Å². The summed E-state index contributed by atoms with van der Waals surface area (Å²) >= 11 is 0.